The molecule has 0 fully saturated rings. The SMILES string of the molecule is O=C([O-])[C@H]1Nc2c(O)cccc2[C@H]2C=CC[C@H]12. The maximum Gasteiger partial charge on any atom is 0.138 e. The average Bonchev–Trinajstić information content (AvgIpc) is 2.77. The molecule has 3 atom stereocenters. The minimum Gasteiger partial charge on any atom is -0.548 e. The molecule has 1 aliphatic carbocycles. The Morgan fingerprint density at radius 2 is 2.29 bits per heavy atom. The van der Waals surface area contributed by atoms with Gasteiger partial charge in [-0.25, -0.2) is 0 Å². The van der Waals surface area contributed by atoms with Crippen molar-refractivity contribution in [1.82, 2.24) is 0 Å². The van der Waals surface area contributed by atoms with Gasteiger partial charge in [-0.1, -0.05) is 24.3 Å². The van der Waals surface area contributed by atoms with Crippen LogP contribution in [0.5, 0.6) is 5.75 Å². The fourth-order valence-corrected chi connectivity index (χ4v) is 2.84. The zero-order chi connectivity index (χ0) is 12.0. The number of carbonyl (C=O) groups is 1. The lowest BCUT2D eigenvalue weighted by Gasteiger charge is -2.37. The molecule has 4 heteroatoms. The summed E-state index contributed by atoms with van der Waals surface area (Å²) >= 11 is 0. The number of fused-ring (bicyclic) bond motifs is 3. The van der Waals surface area contributed by atoms with Gasteiger partial charge in [-0.05, 0) is 24.0 Å². The number of carbonyl (C=O) groups excluding carboxylic acids is 1. The predicted molar refractivity (Wildman–Crippen MR) is 60.5 cm³/mol. The lowest BCUT2D eigenvalue weighted by Crippen LogP contribution is -2.48. The third-order valence-electron chi connectivity index (χ3n) is 3.63. The molecule has 0 saturated carbocycles. The van der Waals surface area contributed by atoms with Crippen LogP contribution in [0.15, 0.2) is 30.4 Å². The number of carboxylic acids is 1. The van der Waals surface area contributed by atoms with Crippen molar-refractivity contribution < 1.29 is 15.0 Å². The summed E-state index contributed by atoms with van der Waals surface area (Å²) in [5, 5.41) is 23.8. The first-order valence-electron chi connectivity index (χ1n) is 5.64. The molecule has 1 aliphatic heterocycles. The molecule has 17 heavy (non-hydrogen) atoms. The normalized spacial score (nSPS) is 29.3. The summed E-state index contributed by atoms with van der Waals surface area (Å²) in [5.41, 5.74) is 1.48. The summed E-state index contributed by atoms with van der Waals surface area (Å²) in [6, 6.07) is 4.51. The van der Waals surface area contributed by atoms with Crippen molar-refractivity contribution in [3.63, 3.8) is 0 Å². The number of anilines is 1. The summed E-state index contributed by atoms with van der Waals surface area (Å²) in [4.78, 5) is 11.1. The number of allylic oxidation sites excluding steroid dienone is 2. The van der Waals surface area contributed by atoms with E-state index in [1.165, 1.54) is 0 Å². The molecule has 0 aromatic heterocycles. The Labute approximate surface area is 98.6 Å². The van der Waals surface area contributed by atoms with Crippen molar-refractivity contribution in [3.8, 4) is 5.75 Å². The molecule has 0 radical (unpaired) electrons. The van der Waals surface area contributed by atoms with Gasteiger partial charge in [-0.3, -0.25) is 0 Å². The highest BCUT2D eigenvalue weighted by atomic mass is 16.4. The number of hydrogen-bond donors (Lipinski definition) is 2. The van der Waals surface area contributed by atoms with E-state index in [0.29, 0.717) is 5.69 Å². The minimum absolute atomic E-state index is 0.0192. The van der Waals surface area contributed by atoms with Gasteiger partial charge in [-0.2, -0.15) is 0 Å². The van der Waals surface area contributed by atoms with Crippen molar-refractivity contribution in [2.45, 2.75) is 18.4 Å². The molecule has 88 valence electrons. The summed E-state index contributed by atoms with van der Waals surface area (Å²) in [7, 11) is 0. The Bertz CT molecular complexity index is 509. The standard InChI is InChI=1S/C13H13NO3/c15-10-6-2-5-8-7-3-1-4-9(7)12(13(16)17)14-11(8)10/h1-3,5-7,9,12,14-15H,4H2,(H,16,17)/p-1/t7-,9+,12+/m1/s1. The van der Waals surface area contributed by atoms with Gasteiger partial charge >= 0.3 is 0 Å². The van der Waals surface area contributed by atoms with Crippen molar-refractivity contribution in [2.75, 3.05) is 5.32 Å². The number of carboxylic acid groups (broad SMARTS) is 1. The molecule has 3 rings (SSSR count). The quantitative estimate of drug-likeness (QED) is 0.547. The zero-order valence-electron chi connectivity index (χ0n) is 9.09. The van der Waals surface area contributed by atoms with E-state index >= 15 is 0 Å². The van der Waals surface area contributed by atoms with Crippen LogP contribution in [0.4, 0.5) is 5.69 Å². The molecule has 1 aromatic rings. The Balaban J connectivity index is 2.12. The van der Waals surface area contributed by atoms with Crippen LogP contribution in [0.25, 0.3) is 0 Å². The van der Waals surface area contributed by atoms with E-state index in [4.69, 9.17) is 0 Å². The van der Waals surface area contributed by atoms with Gasteiger partial charge < -0.3 is 20.3 Å². The predicted octanol–water partition coefficient (Wildman–Crippen LogP) is 0.596. The molecule has 1 heterocycles. The molecule has 0 spiro atoms. The van der Waals surface area contributed by atoms with Crippen LogP contribution in [-0.4, -0.2) is 17.1 Å². The molecule has 1 aromatic carbocycles. The van der Waals surface area contributed by atoms with Crippen LogP contribution in [0.3, 0.4) is 0 Å². The van der Waals surface area contributed by atoms with E-state index < -0.39 is 12.0 Å². The van der Waals surface area contributed by atoms with Gasteiger partial charge in [0, 0.05) is 5.92 Å². The number of hydrogen-bond acceptors (Lipinski definition) is 4. The number of phenolic OH excluding ortho intramolecular Hbond substituents is 1. The van der Waals surface area contributed by atoms with E-state index in [-0.39, 0.29) is 17.6 Å². The third kappa shape index (κ3) is 1.40. The Hall–Kier alpha value is -1.97. The second kappa shape index (κ2) is 3.52. The fraction of sp³-hybridized carbons (Fsp3) is 0.308. The molecule has 2 aliphatic rings. The van der Waals surface area contributed by atoms with Gasteiger partial charge in [0.05, 0.1) is 17.7 Å². The number of para-hydroxylation sites is 1. The molecule has 0 saturated heterocycles. The van der Waals surface area contributed by atoms with E-state index in [2.05, 4.69) is 5.32 Å². The fourth-order valence-electron chi connectivity index (χ4n) is 2.84. The average molecular weight is 230 g/mol. The molecule has 2 N–H and O–H groups in total. The first-order valence-corrected chi connectivity index (χ1v) is 5.64. The van der Waals surface area contributed by atoms with Crippen LogP contribution in [0, 0.1) is 5.92 Å². The van der Waals surface area contributed by atoms with Crippen LogP contribution in [0.1, 0.15) is 17.9 Å². The molecule has 0 amide bonds. The lowest BCUT2D eigenvalue weighted by atomic mass is 9.79. The first-order chi connectivity index (χ1) is 8.18. The van der Waals surface area contributed by atoms with Crippen LogP contribution >= 0.6 is 0 Å². The summed E-state index contributed by atoms with van der Waals surface area (Å²) in [5.74, 6) is -0.986. The van der Waals surface area contributed by atoms with Crippen LogP contribution in [-0.2, 0) is 4.79 Å². The van der Waals surface area contributed by atoms with E-state index in [9.17, 15) is 15.0 Å². The Morgan fingerprint density at radius 3 is 3.06 bits per heavy atom. The highest BCUT2D eigenvalue weighted by Crippen LogP contribution is 2.47. The monoisotopic (exact) mass is 230 g/mol. The highest BCUT2D eigenvalue weighted by Gasteiger charge is 2.38. The number of phenols is 1. The molecule has 0 bridgehead atoms. The van der Waals surface area contributed by atoms with Crippen molar-refractivity contribution >= 4 is 11.7 Å². The maximum atomic E-state index is 11.1. The maximum absolute atomic E-state index is 11.1. The molecule has 4 nitrogen and oxygen atoms in total. The molecular weight excluding hydrogens is 218 g/mol. The number of benzene rings is 1. The number of rotatable bonds is 1. The molecule has 0 unspecified atom stereocenters. The third-order valence-corrected chi connectivity index (χ3v) is 3.63. The smallest absolute Gasteiger partial charge is 0.138 e. The van der Waals surface area contributed by atoms with Crippen LogP contribution in [0.2, 0.25) is 0 Å². The van der Waals surface area contributed by atoms with E-state index in [0.717, 1.165) is 12.0 Å². The summed E-state index contributed by atoms with van der Waals surface area (Å²) in [6.45, 7) is 0. The second-order valence-electron chi connectivity index (χ2n) is 4.54. The first kappa shape index (κ1) is 10.2. The van der Waals surface area contributed by atoms with Crippen LogP contribution < -0.4 is 10.4 Å². The van der Waals surface area contributed by atoms with Gasteiger partial charge in [0.15, 0.2) is 0 Å². The van der Waals surface area contributed by atoms with Crippen molar-refractivity contribution in [1.29, 1.82) is 0 Å². The van der Waals surface area contributed by atoms with Gasteiger partial charge in [0.1, 0.15) is 5.75 Å². The van der Waals surface area contributed by atoms with E-state index in [1.807, 2.05) is 18.2 Å². The number of aliphatic carboxylic acids is 1. The number of aromatic hydroxyl groups is 1. The Morgan fingerprint density at radius 1 is 1.47 bits per heavy atom. The minimum atomic E-state index is -1.11. The largest absolute Gasteiger partial charge is 0.548 e. The summed E-state index contributed by atoms with van der Waals surface area (Å²) < 4.78 is 0. The van der Waals surface area contributed by atoms with Gasteiger partial charge in [0.25, 0.3) is 0 Å². The lowest BCUT2D eigenvalue weighted by molar-refractivity contribution is -0.308. The summed E-state index contributed by atoms with van der Waals surface area (Å²) in [6.07, 6.45) is 4.73. The number of nitrogens with one attached hydrogen (secondary N) is 1. The van der Waals surface area contributed by atoms with Gasteiger partial charge in [-0.15, -0.1) is 0 Å². The topological polar surface area (TPSA) is 72.4 Å². The Kier molecular flexibility index (Phi) is 2.11. The second-order valence-corrected chi connectivity index (χ2v) is 4.54. The van der Waals surface area contributed by atoms with Crippen molar-refractivity contribution in [3.05, 3.63) is 35.9 Å². The zero-order valence-corrected chi connectivity index (χ0v) is 9.09. The van der Waals surface area contributed by atoms with E-state index in [1.54, 1.807) is 12.1 Å². The van der Waals surface area contributed by atoms with Gasteiger partial charge in [0.2, 0.25) is 0 Å². The van der Waals surface area contributed by atoms with Crippen molar-refractivity contribution in [2.24, 2.45) is 5.92 Å². The highest BCUT2D eigenvalue weighted by molar-refractivity contribution is 5.80. The molecular formula is C13H12NO3-.